The number of nitrogens with zero attached hydrogens (tertiary/aromatic N) is 2. The van der Waals surface area contributed by atoms with Crippen LogP contribution in [-0.4, -0.2) is 46.6 Å². The summed E-state index contributed by atoms with van der Waals surface area (Å²) in [6.45, 7) is 0.616. The number of rotatable bonds is 5. The van der Waals surface area contributed by atoms with Gasteiger partial charge in [0.05, 0.1) is 5.92 Å². The van der Waals surface area contributed by atoms with Gasteiger partial charge in [0.2, 0.25) is 0 Å². The van der Waals surface area contributed by atoms with Gasteiger partial charge in [0.1, 0.15) is 0 Å². The Morgan fingerprint density at radius 1 is 1.38 bits per heavy atom. The van der Waals surface area contributed by atoms with Crippen LogP contribution in [-0.2, 0) is 11.2 Å². The monoisotopic (exact) mass is 291 g/mol. The van der Waals surface area contributed by atoms with Crippen molar-refractivity contribution in [2.24, 2.45) is 5.92 Å². The molecule has 1 saturated carbocycles. The van der Waals surface area contributed by atoms with Crippen molar-refractivity contribution in [3.05, 3.63) is 30.1 Å². The van der Waals surface area contributed by atoms with Crippen molar-refractivity contribution in [2.75, 3.05) is 13.6 Å². The Morgan fingerprint density at radius 3 is 2.71 bits per heavy atom. The van der Waals surface area contributed by atoms with Gasteiger partial charge in [-0.15, -0.1) is 0 Å². The van der Waals surface area contributed by atoms with Crippen LogP contribution < -0.4 is 5.32 Å². The Bertz CT molecular complexity index is 492. The summed E-state index contributed by atoms with van der Waals surface area (Å²) in [6, 6.07) is 3.70. The third kappa shape index (κ3) is 4.44. The summed E-state index contributed by atoms with van der Waals surface area (Å²) in [5.41, 5.74) is 1.14. The standard InChI is InChI=1S/C15H21N3O3/c1-18(9-6-11-4-7-16-8-5-11)15(21)17-13-3-2-12(10-13)14(19)20/h4-5,7-8,12-13H,2-3,6,9-10H2,1H3,(H,17,21)(H,19,20)/t12-,13+/m1/s1. The van der Waals surface area contributed by atoms with E-state index in [-0.39, 0.29) is 18.0 Å². The normalized spacial score (nSPS) is 21.0. The van der Waals surface area contributed by atoms with E-state index in [0.29, 0.717) is 19.4 Å². The number of nitrogens with one attached hydrogen (secondary N) is 1. The Balaban J connectivity index is 1.74. The van der Waals surface area contributed by atoms with E-state index in [1.807, 2.05) is 12.1 Å². The van der Waals surface area contributed by atoms with Crippen molar-refractivity contribution >= 4 is 12.0 Å². The van der Waals surface area contributed by atoms with Crippen LogP contribution in [0.2, 0.25) is 0 Å². The molecule has 1 aromatic rings. The number of hydrogen-bond acceptors (Lipinski definition) is 3. The molecule has 6 heteroatoms. The summed E-state index contributed by atoms with van der Waals surface area (Å²) < 4.78 is 0. The van der Waals surface area contributed by atoms with Gasteiger partial charge in [-0.3, -0.25) is 9.78 Å². The number of amides is 2. The number of carbonyl (C=O) groups excluding carboxylic acids is 1. The van der Waals surface area contributed by atoms with Crippen LogP contribution >= 0.6 is 0 Å². The average Bonchev–Trinajstić information content (AvgIpc) is 2.94. The molecule has 6 nitrogen and oxygen atoms in total. The minimum absolute atomic E-state index is 0.0259. The lowest BCUT2D eigenvalue weighted by atomic mass is 10.1. The van der Waals surface area contributed by atoms with Crippen molar-refractivity contribution in [2.45, 2.75) is 31.7 Å². The fourth-order valence-electron chi connectivity index (χ4n) is 2.57. The highest BCUT2D eigenvalue weighted by molar-refractivity contribution is 5.75. The molecule has 1 aliphatic rings. The van der Waals surface area contributed by atoms with E-state index >= 15 is 0 Å². The van der Waals surface area contributed by atoms with E-state index in [1.54, 1.807) is 24.3 Å². The topological polar surface area (TPSA) is 82.5 Å². The summed E-state index contributed by atoms with van der Waals surface area (Å²) in [7, 11) is 1.75. The quantitative estimate of drug-likeness (QED) is 0.861. The van der Waals surface area contributed by atoms with Crippen molar-refractivity contribution in [3.8, 4) is 0 Å². The SMILES string of the molecule is CN(CCc1ccncc1)C(=O)N[C@H]1CC[C@@H](C(=O)O)C1. The van der Waals surface area contributed by atoms with Crippen LogP contribution in [0.4, 0.5) is 4.79 Å². The number of pyridine rings is 1. The fraction of sp³-hybridized carbons (Fsp3) is 0.533. The van der Waals surface area contributed by atoms with Gasteiger partial charge in [-0.05, 0) is 43.4 Å². The van der Waals surface area contributed by atoms with Gasteiger partial charge in [0.25, 0.3) is 0 Å². The number of carbonyl (C=O) groups is 2. The molecule has 0 saturated heterocycles. The molecule has 1 aromatic heterocycles. The van der Waals surface area contributed by atoms with Gasteiger partial charge < -0.3 is 15.3 Å². The number of aliphatic carboxylic acids is 1. The lowest BCUT2D eigenvalue weighted by molar-refractivity contribution is -0.141. The van der Waals surface area contributed by atoms with Crippen molar-refractivity contribution in [1.82, 2.24) is 15.2 Å². The Morgan fingerprint density at radius 2 is 2.10 bits per heavy atom. The molecule has 0 aromatic carbocycles. The molecule has 2 rings (SSSR count). The number of carboxylic acids is 1. The maximum atomic E-state index is 12.1. The van der Waals surface area contributed by atoms with Gasteiger partial charge in [0, 0.05) is 32.0 Å². The van der Waals surface area contributed by atoms with E-state index in [4.69, 9.17) is 5.11 Å². The fourth-order valence-corrected chi connectivity index (χ4v) is 2.57. The first-order valence-corrected chi connectivity index (χ1v) is 7.19. The second-order valence-electron chi connectivity index (χ2n) is 5.52. The van der Waals surface area contributed by atoms with Crippen molar-refractivity contribution in [3.63, 3.8) is 0 Å². The van der Waals surface area contributed by atoms with Gasteiger partial charge >= 0.3 is 12.0 Å². The van der Waals surface area contributed by atoms with E-state index < -0.39 is 5.97 Å². The second-order valence-corrected chi connectivity index (χ2v) is 5.52. The predicted molar refractivity (Wildman–Crippen MR) is 77.9 cm³/mol. The number of aromatic nitrogens is 1. The zero-order chi connectivity index (χ0) is 15.2. The van der Waals surface area contributed by atoms with Crippen LogP contribution in [0.3, 0.4) is 0 Å². The lowest BCUT2D eigenvalue weighted by Crippen LogP contribution is -2.43. The maximum absolute atomic E-state index is 12.1. The predicted octanol–water partition coefficient (Wildman–Crippen LogP) is 1.52. The molecule has 21 heavy (non-hydrogen) atoms. The van der Waals surface area contributed by atoms with Crippen LogP contribution in [0, 0.1) is 5.92 Å². The molecule has 2 N–H and O–H groups in total. The highest BCUT2D eigenvalue weighted by atomic mass is 16.4. The molecule has 0 bridgehead atoms. The van der Waals surface area contributed by atoms with Gasteiger partial charge in [-0.1, -0.05) is 0 Å². The van der Waals surface area contributed by atoms with E-state index in [9.17, 15) is 9.59 Å². The van der Waals surface area contributed by atoms with Crippen LogP contribution in [0.25, 0.3) is 0 Å². The molecule has 2 amide bonds. The minimum Gasteiger partial charge on any atom is -0.481 e. The summed E-state index contributed by atoms with van der Waals surface area (Å²) in [4.78, 5) is 28.5. The number of hydrogen-bond donors (Lipinski definition) is 2. The number of likely N-dealkylation sites (N-methyl/N-ethyl adjacent to an activating group) is 1. The Kier molecular flexibility index (Phi) is 5.14. The van der Waals surface area contributed by atoms with Gasteiger partial charge in [-0.2, -0.15) is 0 Å². The number of urea groups is 1. The van der Waals surface area contributed by atoms with Crippen LogP contribution in [0.5, 0.6) is 0 Å². The molecular formula is C15H21N3O3. The van der Waals surface area contributed by atoms with Gasteiger partial charge in [-0.25, -0.2) is 4.79 Å². The summed E-state index contributed by atoms with van der Waals surface area (Å²) in [5, 5.41) is 11.9. The smallest absolute Gasteiger partial charge is 0.317 e. The summed E-state index contributed by atoms with van der Waals surface area (Å²) >= 11 is 0. The average molecular weight is 291 g/mol. The molecule has 2 atom stereocenters. The first kappa shape index (κ1) is 15.3. The molecular weight excluding hydrogens is 270 g/mol. The molecule has 1 heterocycles. The maximum Gasteiger partial charge on any atom is 0.317 e. The number of carboxylic acid groups (broad SMARTS) is 1. The molecule has 0 radical (unpaired) electrons. The third-order valence-electron chi connectivity index (χ3n) is 3.94. The first-order valence-electron chi connectivity index (χ1n) is 7.19. The molecule has 0 unspecified atom stereocenters. The van der Waals surface area contributed by atoms with Crippen molar-refractivity contribution < 1.29 is 14.7 Å². The Hall–Kier alpha value is -2.11. The van der Waals surface area contributed by atoms with Crippen LogP contribution in [0.1, 0.15) is 24.8 Å². The first-order chi connectivity index (χ1) is 10.1. The van der Waals surface area contributed by atoms with E-state index in [0.717, 1.165) is 18.4 Å². The van der Waals surface area contributed by atoms with Crippen molar-refractivity contribution in [1.29, 1.82) is 0 Å². The summed E-state index contributed by atoms with van der Waals surface area (Å²) in [5.74, 6) is -1.09. The van der Waals surface area contributed by atoms with Crippen LogP contribution in [0.15, 0.2) is 24.5 Å². The zero-order valence-electron chi connectivity index (χ0n) is 12.2. The lowest BCUT2D eigenvalue weighted by Gasteiger charge is -2.21. The molecule has 0 aliphatic heterocycles. The van der Waals surface area contributed by atoms with E-state index in [2.05, 4.69) is 10.3 Å². The van der Waals surface area contributed by atoms with Gasteiger partial charge in [0.15, 0.2) is 0 Å². The molecule has 1 aliphatic carbocycles. The Labute approximate surface area is 124 Å². The molecule has 114 valence electrons. The highest BCUT2D eigenvalue weighted by Crippen LogP contribution is 2.25. The largest absolute Gasteiger partial charge is 0.481 e. The second kappa shape index (κ2) is 7.06. The molecule has 1 fully saturated rings. The zero-order valence-corrected chi connectivity index (χ0v) is 12.2. The molecule has 0 spiro atoms. The minimum atomic E-state index is -0.766. The third-order valence-corrected chi connectivity index (χ3v) is 3.94. The summed E-state index contributed by atoms with van der Waals surface area (Å²) in [6.07, 6.45) is 6.15. The highest BCUT2D eigenvalue weighted by Gasteiger charge is 2.30. The van der Waals surface area contributed by atoms with E-state index in [1.165, 1.54) is 0 Å².